The van der Waals surface area contributed by atoms with Crippen LogP contribution in [0.15, 0.2) is 91.3 Å². The van der Waals surface area contributed by atoms with Crippen LogP contribution in [0.1, 0.15) is 28.2 Å². The molecule has 0 radical (unpaired) electrons. The van der Waals surface area contributed by atoms with Gasteiger partial charge in [0.05, 0.1) is 0 Å². The molecule has 1 aromatic heterocycles. The van der Waals surface area contributed by atoms with Crippen molar-refractivity contribution in [2.45, 2.75) is 12.5 Å². The first-order valence-electron chi connectivity index (χ1n) is 11.8. The molecule has 0 amide bonds. The highest BCUT2D eigenvalue weighted by molar-refractivity contribution is 6.30. The first-order chi connectivity index (χ1) is 17.1. The van der Waals surface area contributed by atoms with Crippen LogP contribution in [-0.4, -0.2) is 46.3 Å². The fourth-order valence-electron chi connectivity index (χ4n) is 4.78. The fraction of sp³-hybridized carbons (Fsp3) is 0.207. The van der Waals surface area contributed by atoms with Gasteiger partial charge in [-0.15, -0.1) is 0 Å². The lowest BCUT2D eigenvalue weighted by Gasteiger charge is -2.36. The normalized spacial score (nSPS) is 14.4. The van der Waals surface area contributed by atoms with Crippen LogP contribution in [0, 0.1) is 0 Å². The smallest absolute Gasteiger partial charge is 0.115 e. The highest BCUT2D eigenvalue weighted by Crippen LogP contribution is 2.35. The van der Waals surface area contributed by atoms with Crippen LogP contribution in [0.2, 0.25) is 5.02 Å². The summed E-state index contributed by atoms with van der Waals surface area (Å²) >= 11 is 6.05. The average molecular weight is 486 g/mol. The minimum absolute atomic E-state index is 0.0599. The number of pyridine rings is 1. The second-order valence-electron chi connectivity index (χ2n) is 8.93. The summed E-state index contributed by atoms with van der Waals surface area (Å²) in [6.45, 7) is 4.68. The van der Waals surface area contributed by atoms with E-state index >= 15 is 0 Å². The maximum Gasteiger partial charge on any atom is 0.115 e. The molecule has 0 saturated carbocycles. The van der Waals surface area contributed by atoms with Crippen LogP contribution >= 0.6 is 11.6 Å². The Bertz CT molecular complexity index is 1210. The van der Waals surface area contributed by atoms with Crippen molar-refractivity contribution in [1.82, 2.24) is 9.88 Å². The molecule has 1 saturated heterocycles. The number of phenols is 2. The SMILES string of the molecule is Oc1ccc(C(c2ccc(O)cc2)c2cnccc2CN2CCN(c3ccc(Cl)cc3)CC2)cc1. The summed E-state index contributed by atoms with van der Waals surface area (Å²) in [6, 6.07) is 24.8. The number of rotatable bonds is 6. The number of halogens is 1. The van der Waals surface area contributed by atoms with Gasteiger partial charge in [0, 0.05) is 61.7 Å². The Morgan fingerprint density at radius 1 is 0.743 bits per heavy atom. The molecule has 2 N–H and O–H groups in total. The number of phenolic OH excluding ortho intramolecular Hbond substituents is 2. The third-order valence-electron chi connectivity index (χ3n) is 6.67. The van der Waals surface area contributed by atoms with Gasteiger partial charge < -0.3 is 15.1 Å². The van der Waals surface area contributed by atoms with Crippen molar-refractivity contribution in [3.63, 3.8) is 0 Å². The molecule has 0 aliphatic carbocycles. The predicted octanol–water partition coefficient (Wildman–Crippen LogP) is 5.65. The Labute approximate surface area is 210 Å². The second kappa shape index (κ2) is 10.4. The van der Waals surface area contributed by atoms with Gasteiger partial charge in [0.25, 0.3) is 0 Å². The van der Waals surface area contributed by atoms with Crippen molar-refractivity contribution in [3.8, 4) is 11.5 Å². The lowest BCUT2D eigenvalue weighted by Crippen LogP contribution is -2.46. The molecule has 0 bridgehead atoms. The Morgan fingerprint density at radius 3 is 1.89 bits per heavy atom. The van der Waals surface area contributed by atoms with Crippen LogP contribution < -0.4 is 4.90 Å². The summed E-state index contributed by atoms with van der Waals surface area (Å²) < 4.78 is 0. The lowest BCUT2D eigenvalue weighted by molar-refractivity contribution is 0.249. The molecular weight excluding hydrogens is 458 g/mol. The number of piperazine rings is 1. The van der Waals surface area contributed by atoms with Crippen LogP contribution in [0.25, 0.3) is 0 Å². The number of benzene rings is 3. The number of nitrogens with zero attached hydrogens (tertiary/aromatic N) is 3. The number of aromatic nitrogens is 1. The van der Waals surface area contributed by atoms with Crippen LogP contribution in [0.5, 0.6) is 11.5 Å². The standard InChI is InChI=1S/C29H28ClN3O2/c30-24-5-7-25(8-6-24)33-17-15-32(16-18-33)20-23-13-14-31-19-28(23)29(21-1-9-26(34)10-2-21)22-3-11-27(35)12-4-22/h1-14,19,29,34-35H,15-18,20H2. The van der Waals surface area contributed by atoms with Gasteiger partial charge in [0.1, 0.15) is 11.5 Å². The quantitative estimate of drug-likeness (QED) is 0.369. The van der Waals surface area contributed by atoms with Gasteiger partial charge in [-0.3, -0.25) is 9.88 Å². The molecule has 0 atom stereocenters. The Kier molecular flexibility index (Phi) is 6.89. The highest BCUT2D eigenvalue weighted by Gasteiger charge is 2.23. The molecule has 5 nitrogen and oxygen atoms in total. The van der Waals surface area contributed by atoms with Crippen LogP contribution in [-0.2, 0) is 6.54 Å². The van der Waals surface area contributed by atoms with Gasteiger partial charge in [-0.25, -0.2) is 0 Å². The van der Waals surface area contributed by atoms with Crippen molar-refractivity contribution >= 4 is 17.3 Å². The van der Waals surface area contributed by atoms with E-state index in [0.29, 0.717) is 0 Å². The zero-order valence-corrected chi connectivity index (χ0v) is 20.1. The zero-order valence-electron chi connectivity index (χ0n) is 19.4. The second-order valence-corrected chi connectivity index (χ2v) is 9.37. The van der Waals surface area contributed by atoms with Gasteiger partial charge in [-0.2, -0.15) is 0 Å². The highest BCUT2D eigenvalue weighted by atomic mass is 35.5. The summed E-state index contributed by atoms with van der Waals surface area (Å²) in [5.74, 6) is 0.418. The summed E-state index contributed by atoms with van der Waals surface area (Å²) in [5.41, 5.74) is 5.69. The molecule has 35 heavy (non-hydrogen) atoms. The molecule has 178 valence electrons. The van der Waals surface area contributed by atoms with E-state index in [4.69, 9.17) is 11.6 Å². The first kappa shape index (κ1) is 23.2. The molecule has 4 aromatic rings. The fourth-order valence-corrected chi connectivity index (χ4v) is 4.91. The van der Waals surface area contributed by atoms with E-state index in [-0.39, 0.29) is 17.4 Å². The third-order valence-corrected chi connectivity index (χ3v) is 6.92. The molecule has 1 fully saturated rings. The van der Waals surface area contributed by atoms with Crippen molar-refractivity contribution in [1.29, 1.82) is 0 Å². The maximum atomic E-state index is 9.84. The van der Waals surface area contributed by atoms with E-state index in [1.54, 1.807) is 24.3 Å². The van der Waals surface area contributed by atoms with E-state index in [9.17, 15) is 10.2 Å². The molecule has 2 heterocycles. The summed E-state index contributed by atoms with van der Waals surface area (Å²) in [6.07, 6.45) is 3.80. The van der Waals surface area contributed by atoms with Crippen molar-refractivity contribution < 1.29 is 10.2 Å². The number of anilines is 1. The van der Waals surface area contributed by atoms with Crippen molar-refractivity contribution in [3.05, 3.63) is 119 Å². The summed E-state index contributed by atoms with van der Waals surface area (Å²) in [4.78, 5) is 9.35. The molecular formula is C29H28ClN3O2. The average Bonchev–Trinajstić information content (AvgIpc) is 2.88. The Hall–Kier alpha value is -3.54. The minimum atomic E-state index is -0.0599. The predicted molar refractivity (Wildman–Crippen MR) is 140 cm³/mol. The first-order valence-corrected chi connectivity index (χ1v) is 12.2. The maximum absolute atomic E-state index is 9.84. The van der Waals surface area contributed by atoms with Crippen molar-refractivity contribution in [2.24, 2.45) is 0 Å². The Morgan fingerprint density at radius 2 is 1.31 bits per heavy atom. The molecule has 5 rings (SSSR count). The molecule has 1 aliphatic rings. The topological polar surface area (TPSA) is 59.8 Å². The third kappa shape index (κ3) is 5.42. The molecule has 3 aromatic carbocycles. The van der Waals surface area contributed by atoms with E-state index in [2.05, 4.69) is 33.0 Å². The van der Waals surface area contributed by atoms with Crippen LogP contribution in [0.3, 0.4) is 0 Å². The minimum Gasteiger partial charge on any atom is -0.508 e. The number of hydrogen-bond acceptors (Lipinski definition) is 5. The molecule has 0 spiro atoms. The van der Waals surface area contributed by atoms with E-state index < -0.39 is 0 Å². The van der Waals surface area contributed by atoms with Crippen molar-refractivity contribution in [2.75, 3.05) is 31.1 Å². The largest absolute Gasteiger partial charge is 0.508 e. The van der Waals surface area contributed by atoms with E-state index in [1.165, 1.54) is 11.3 Å². The summed E-state index contributed by atoms with van der Waals surface area (Å²) in [7, 11) is 0. The monoisotopic (exact) mass is 485 g/mol. The van der Waals surface area contributed by atoms with Gasteiger partial charge >= 0.3 is 0 Å². The molecule has 6 heteroatoms. The van der Waals surface area contributed by atoms with Gasteiger partial charge in [-0.1, -0.05) is 35.9 Å². The van der Waals surface area contributed by atoms with E-state index in [0.717, 1.165) is 54.4 Å². The number of hydrogen-bond donors (Lipinski definition) is 2. The Balaban J connectivity index is 1.39. The van der Waals surface area contributed by atoms with Gasteiger partial charge in [0.2, 0.25) is 0 Å². The van der Waals surface area contributed by atoms with Gasteiger partial charge in [0.15, 0.2) is 0 Å². The van der Waals surface area contributed by atoms with E-state index in [1.807, 2.05) is 48.8 Å². The van der Waals surface area contributed by atoms with Gasteiger partial charge in [-0.05, 0) is 76.9 Å². The lowest BCUT2D eigenvalue weighted by atomic mass is 9.83. The molecule has 1 aliphatic heterocycles. The zero-order chi connectivity index (χ0) is 24.2. The number of aromatic hydroxyl groups is 2. The van der Waals surface area contributed by atoms with Crippen LogP contribution in [0.4, 0.5) is 5.69 Å². The molecule has 0 unspecified atom stereocenters. The summed E-state index contributed by atoms with van der Waals surface area (Å²) in [5, 5.41) is 20.4.